The fourth-order valence-corrected chi connectivity index (χ4v) is 3.00. The van der Waals surface area contributed by atoms with Gasteiger partial charge in [0.15, 0.2) is 0 Å². The average molecular weight is 177 g/mol. The van der Waals surface area contributed by atoms with Crippen LogP contribution in [-0.4, -0.2) is 32.1 Å². The zero-order chi connectivity index (χ0) is 8.70. The lowest BCUT2D eigenvalue weighted by Crippen LogP contribution is -2.42. The molecule has 0 unspecified atom stereocenters. The molecular weight excluding hydrogens is 162 g/mol. The number of sulfonamides is 1. The summed E-state index contributed by atoms with van der Waals surface area (Å²) in [4.78, 5) is 0. The van der Waals surface area contributed by atoms with E-state index in [2.05, 4.69) is 0 Å². The van der Waals surface area contributed by atoms with Crippen LogP contribution < -0.4 is 0 Å². The minimum absolute atomic E-state index is 0.0364. The number of nitrogens with zero attached hydrogens (tertiary/aromatic N) is 1. The van der Waals surface area contributed by atoms with E-state index in [0.717, 1.165) is 6.42 Å². The largest absolute Gasteiger partial charge is 0.214 e. The number of hydrogen-bond donors (Lipinski definition) is 0. The topological polar surface area (TPSA) is 37.4 Å². The zero-order valence-corrected chi connectivity index (χ0v) is 8.11. The molecule has 0 aromatic carbocycles. The highest BCUT2D eigenvalue weighted by Gasteiger charge is 2.34. The molecule has 1 rings (SSSR count). The fourth-order valence-electron chi connectivity index (χ4n) is 1.28. The molecule has 11 heavy (non-hydrogen) atoms. The second-order valence-electron chi connectivity index (χ2n) is 3.99. The zero-order valence-electron chi connectivity index (χ0n) is 7.29. The average Bonchev–Trinajstić information content (AvgIpc) is 1.77. The third-order valence-electron chi connectivity index (χ3n) is 2.15. The Hall–Kier alpha value is -0.0900. The van der Waals surface area contributed by atoms with E-state index in [1.165, 1.54) is 4.31 Å². The predicted molar refractivity (Wildman–Crippen MR) is 44.8 cm³/mol. The molecule has 3 nitrogen and oxygen atoms in total. The van der Waals surface area contributed by atoms with Gasteiger partial charge < -0.3 is 0 Å². The first kappa shape index (κ1) is 9.00. The lowest BCUT2D eigenvalue weighted by atomic mass is 9.92. The molecule has 0 bridgehead atoms. The second-order valence-corrected chi connectivity index (χ2v) is 6.07. The van der Waals surface area contributed by atoms with Gasteiger partial charge in [-0.3, -0.25) is 0 Å². The van der Waals surface area contributed by atoms with Crippen molar-refractivity contribution in [2.75, 3.05) is 19.3 Å². The first-order valence-corrected chi connectivity index (χ1v) is 5.38. The van der Waals surface area contributed by atoms with Crippen molar-refractivity contribution in [2.45, 2.75) is 20.3 Å². The molecule has 1 fully saturated rings. The molecule has 0 atom stereocenters. The van der Waals surface area contributed by atoms with Gasteiger partial charge in [0.25, 0.3) is 0 Å². The molecule has 0 radical (unpaired) electrons. The molecule has 0 spiro atoms. The van der Waals surface area contributed by atoms with Gasteiger partial charge in [0, 0.05) is 13.6 Å². The standard InChI is InChI=1S/C7H15NO2S/c1-7(2)4-5-8(3)11(9,10)6-7/h4-6H2,1-3H3. The SMILES string of the molecule is CN1CCC(C)(C)CS1(=O)=O. The lowest BCUT2D eigenvalue weighted by molar-refractivity contribution is 0.296. The van der Waals surface area contributed by atoms with Crippen LogP contribution in [0.2, 0.25) is 0 Å². The van der Waals surface area contributed by atoms with Crippen molar-refractivity contribution in [1.29, 1.82) is 0 Å². The minimum Gasteiger partial charge on any atom is -0.212 e. The quantitative estimate of drug-likeness (QED) is 0.545. The maximum Gasteiger partial charge on any atom is 0.214 e. The van der Waals surface area contributed by atoms with Crippen molar-refractivity contribution >= 4 is 10.0 Å². The van der Waals surface area contributed by atoms with Crippen LogP contribution in [0.1, 0.15) is 20.3 Å². The first-order valence-electron chi connectivity index (χ1n) is 3.78. The van der Waals surface area contributed by atoms with E-state index < -0.39 is 10.0 Å². The maximum absolute atomic E-state index is 11.3. The molecule has 0 amide bonds. The molecule has 0 saturated carbocycles. The Kier molecular flexibility index (Phi) is 2.01. The summed E-state index contributed by atoms with van der Waals surface area (Å²) in [6.07, 6.45) is 0.961. The van der Waals surface area contributed by atoms with Crippen LogP contribution in [0.15, 0.2) is 0 Å². The molecule has 1 aliphatic heterocycles. The van der Waals surface area contributed by atoms with Gasteiger partial charge in [0.2, 0.25) is 10.0 Å². The minimum atomic E-state index is -2.94. The van der Waals surface area contributed by atoms with Gasteiger partial charge in [-0.05, 0) is 11.8 Å². The fraction of sp³-hybridized carbons (Fsp3) is 1.00. The van der Waals surface area contributed by atoms with Crippen molar-refractivity contribution in [2.24, 2.45) is 5.41 Å². The van der Waals surface area contributed by atoms with Gasteiger partial charge in [-0.1, -0.05) is 13.8 Å². The predicted octanol–water partition coefficient (Wildman–Crippen LogP) is 0.678. The Morgan fingerprint density at radius 2 is 1.91 bits per heavy atom. The molecule has 1 heterocycles. The van der Waals surface area contributed by atoms with E-state index in [4.69, 9.17) is 0 Å². The van der Waals surface area contributed by atoms with Crippen molar-refractivity contribution in [3.63, 3.8) is 0 Å². The first-order chi connectivity index (χ1) is 4.83. The summed E-state index contributed by atoms with van der Waals surface area (Å²) < 4.78 is 24.1. The molecule has 0 aromatic rings. The normalized spacial score (nSPS) is 30.1. The van der Waals surface area contributed by atoms with Crippen LogP contribution in [0.4, 0.5) is 0 Å². The van der Waals surface area contributed by atoms with Crippen LogP contribution >= 0.6 is 0 Å². The summed E-state index contributed by atoms with van der Waals surface area (Å²) in [7, 11) is -1.29. The Labute approximate surface area is 68.4 Å². The van der Waals surface area contributed by atoms with Crippen LogP contribution in [0.3, 0.4) is 0 Å². The summed E-state index contributed by atoms with van der Waals surface area (Å²) >= 11 is 0. The molecule has 0 N–H and O–H groups in total. The molecule has 4 heteroatoms. The number of hydrogen-bond acceptors (Lipinski definition) is 2. The van der Waals surface area contributed by atoms with Crippen molar-refractivity contribution in [3.05, 3.63) is 0 Å². The van der Waals surface area contributed by atoms with Gasteiger partial charge in [-0.15, -0.1) is 0 Å². The van der Waals surface area contributed by atoms with Crippen LogP contribution in [0.5, 0.6) is 0 Å². The molecule has 66 valence electrons. The Morgan fingerprint density at radius 1 is 1.36 bits per heavy atom. The van der Waals surface area contributed by atoms with E-state index in [0.29, 0.717) is 6.54 Å². The van der Waals surface area contributed by atoms with Crippen molar-refractivity contribution in [1.82, 2.24) is 4.31 Å². The highest BCUT2D eigenvalue weighted by molar-refractivity contribution is 7.89. The van der Waals surface area contributed by atoms with E-state index >= 15 is 0 Å². The summed E-state index contributed by atoms with van der Waals surface area (Å²) in [5, 5.41) is 0. The molecule has 1 aliphatic rings. The van der Waals surface area contributed by atoms with Crippen LogP contribution in [0, 0.1) is 5.41 Å². The van der Waals surface area contributed by atoms with E-state index in [-0.39, 0.29) is 11.2 Å². The smallest absolute Gasteiger partial charge is 0.212 e. The van der Waals surface area contributed by atoms with Gasteiger partial charge in [-0.25, -0.2) is 12.7 Å². The Balaban J connectivity index is 2.84. The second kappa shape index (κ2) is 2.45. The molecule has 0 aliphatic carbocycles. The Bertz CT molecular complexity index is 243. The number of rotatable bonds is 0. The summed E-state index contributed by atoms with van der Waals surface area (Å²) in [5.41, 5.74) is -0.0364. The third kappa shape index (κ3) is 1.93. The van der Waals surface area contributed by atoms with Crippen molar-refractivity contribution < 1.29 is 8.42 Å². The summed E-state index contributed by atoms with van der Waals surface area (Å²) in [6.45, 7) is 4.66. The van der Waals surface area contributed by atoms with Gasteiger partial charge in [0.1, 0.15) is 0 Å². The van der Waals surface area contributed by atoms with E-state index in [9.17, 15) is 8.42 Å². The molecule has 0 aromatic heterocycles. The van der Waals surface area contributed by atoms with E-state index in [1.54, 1.807) is 7.05 Å². The van der Waals surface area contributed by atoms with E-state index in [1.807, 2.05) is 13.8 Å². The Morgan fingerprint density at radius 3 is 2.27 bits per heavy atom. The lowest BCUT2D eigenvalue weighted by Gasteiger charge is -2.34. The third-order valence-corrected chi connectivity index (χ3v) is 4.43. The highest BCUT2D eigenvalue weighted by Crippen LogP contribution is 2.28. The van der Waals surface area contributed by atoms with Gasteiger partial charge >= 0.3 is 0 Å². The van der Waals surface area contributed by atoms with Crippen LogP contribution in [0.25, 0.3) is 0 Å². The highest BCUT2D eigenvalue weighted by atomic mass is 32.2. The van der Waals surface area contributed by atoms with Gasteiger partial charge in [-0.2, -0.15) is 0 Å². The van der Waals surface area contributed by atoms with Gasteiger partial charge in [0.05, 0.1) is 5.75 Å². The summed E-state index contributed by atoms with van der Waals surface area (Å²) in [6, 6.07) is 0. The molecule has 1 saturated heterocycles. The summed E-state index contributed by atoms with van der Waals surface area (Å²) in [5.74, 6) is 0.288. The monoisotopic (exact) mass is 177 g/mol. The maximum atomic E-state index is 11.3. The van der Waals surface area contributed by atoms with Crippen molar-refractivity contribution in [3.8, 4) is 0 Å². The van der Waals surface area contributed by atoms with Crippen LogP contribution in [-0.2, 0) is 10.0 Å². The molecular formula is C7H15NO2S.